The third-order valence-corrected chi connectivity index (χ3v) is 3.36. The summed E-state index contributed by atoms with van der Waals surface area (Å²) in [5.41, 5.74) is 2.76. The Balaban J connectivity index is 2.10. The lowest BCUT2D eigenvalue weighted by Crippen LogP contribution is -2.26. The lowest BCUT2D eigenvalue weighted by Gasteiger charge is -2.24. The second-order valence-corrected chi connectivity index (χ2v) is 4.15. The summed E-state index contributed by atoms with van der Waals surface area (Å²) in [6, 6.07) is 0.400. The summed E-state index contributed by atoms with van der Waals surface area (Å²) in [6.07, 6.45) is 12.9. The van der Waals surface area contributed by atoms with Crippen molar-refractivity contribution in [3.63, 3.8) is 0 Å². The van der Waals surface area contributed by atoms with E-state index in [4.69, 9.17) is 0 Å². The van der Waals surface area contributed by atoms with Crippen molar-refractivity contribution in [2.24, 2.45) is 0 Å². The number of hydrogen-bond acceptors (Lipinski definition) is 2. The van der Waals surface area contributed by atoms with Gasteiger partial charge in [-0.25, -0.2) is 0 Å². The molecule has 1 atom stereocenters. The standard InChI is InChI=1S/C11H9NS/c1-2-9-10(13-7-1)4-3-8-5-6-12-11(8)9/h1-7,11-12H. The highest BCUT2D eigenvalue weighted by molar-refractivity contribution is 8.06. The smallest absolute Gasteiger partial charge is 0.0773 e. The zero-order valence-electron chi connectivity index (χ0n) is 7.03. The molecule has 3 aliphatic rings. The molecular weight excluding hydrogens is 178 g/mol. The highest BCUT2D eigenvalue weighted by atomic mass is 32.2. The summed E-state index contributed by atoms with van der Waals surface area (Å²) in [4.78, 5) is 1.37. The fraction of sp³-hybridized carbons (Fsp3) is 0.0909. The topological polar surface area (TPSA) is 12.0 Å². The predicted molar refractivity (Wildman–Crippen MR) is 57.0 cm³/mol. The fourth-order valence-corrected chi connectivity index (χ4v) is 2.58. The minimum atomic E-state index is 0.400. The van der Waals surface area contributed by atoms with Crippen molar-refractivity contribution in [1.29, 1.82) is 0 Å². The molecule has 2 heteroatoms. The Morgan fingerprint density at radius 2 is 2.23 bits per heavy atom. The summed E-state index contributed by atoms with van der Waals surface area (Å²) < 4.78 is 0. The molecule has 0 saturated carbocycles. The molecule has 2 heterocycles. The minimum Gasteiger partial charge on any atom is -0.380 e. The fourth-order valence-electron chi connectivity index (χ4n) is 1.81. The minimum absolute atomic E-state index is 0.400. The Labute approximate surface area is 81.6 Å². The molecule has 64 valence electrons. The normalized spacial score (nSPS) is 28.3. The van der Waals surface area contributed by atoms with Gasteiger partial charge in [0.15, 0.2) is 0 Å². The summed E-state index contributed by atoms with van der Waals surface area (Å²) in [5.74, 6) is 0. The number of rotatable bonds is 0. The summed E-state index contributed by atoms with van der Waals surface area (Å²) in [6.45, 7) is 0. The van der Waals surface area contributed by atoms with Crippen LogP contribution in [0.2, 0.25) is 0 Å². The van der Waals surface area contributed by atoms with Crippen molar-refractivity contribution >= 4 is 11.8 Å². The molecule has 0 radical (unpaired) electrons. The second kappa shape index (κ2) is 2.67. The maximum Gasteiger partial charge on any atom is 0.0773 e. The molecule has 13 heavy (non-hydrogen) atoms. The maximum absolute atomic E-state index is 3.35. The van der Waals surface area contributed by atoms with Crippen LogP contribution < -0.4 is 5.32 Å². The Bertz CT molecular complexity index is 396. The Hall–Kier alpha value is -1.15. The van der Waals surface area contributed by atoms with E-state index in [0.717, 1.165) is 0 Å². The van der Waals surface area contributed by atoms with E-state index in [1.807, 2.05) is 6.20 Å². The average molecular weight is 187 g/mol. The first kappa shape index (κ1) is 7.27. The monoisotopic (exact) mass is 187 g/mol. The Kier molecular flexibility index (Phi) is 1.49. The molecule has 2 aliphatic heterocycles. The van der Waals surface area contributed by atoms with Gasteiger partial charge in [-0.05, 0) is 34.9 Å². The third-order valence-electron chi connectivity index (χ3n) is 2.44. The van der Waals surface area contributed by atoms with Gasteiger partial charge in [0.25, 0.3) is 0 Å². The van der Waals surface area contributed by atoms with Crippen molar-refractivity contribution in [3.05, 3.63) is 58.0 Å². The lowest BCUT2D eigenvalue weighted by molar-refractivity contribution is 0.811. The van der Waals surface area contributed by atoms with Gasteiger partial charge >= 0.3 is 0 Å². The summed E-state index contributed by atoms with van der Waals surface area (Å²) >= 11 is 1.80. The maximum atomic E-state index is 3.35. The number of hydrogen-bond donors (Lipinski definition) is 1. The van der Waals surface area contributed by atoms with E-state index in [9.17, 15) is 0 Å². The van der Waals surface area contributed by atoms with E-state index in [1.54, 1.807) is 11.8 Å². The van der Waals surface area contributed by atoms with Gasteiger partial charge in [-0.15, -0.1) is 0 Å². The van der Waals surface area contributed by atoms with E-state index in [-0.39, 0.29) is 0 Å². The van der Waals surface area contributed by atoms with E-state index in [2.05, 4.69) is 41.1 Å². The predicted octanol–water partition coefficient (Wildman–Crippen LogP) is 2.48. The van der Waals surface area contributed by atoms with Crippen molar-refractivity contribution in [3.8, 4) is 0 Å². The molecule has 1 N–H and O–H groups in total. The molecule has 3 rings (SSSR count). The summed E-state index contributed by atoms with van der Waals surface area (Å²) in [5, 5.41) is 5.47. The molecule has 0 aromatic heterocycles. The molecule has 0 amide bonds. The van der Waals surface area contributed by atoms with Crippen molar-refractivity contribution < 1.29 is 0 Å². The number of fused-ring (bicyclic) bond motifs is 3. The highest BCUT2D eigenvalue weighted by Crippen LogP contribution is 2.37. The zero-order chi connectivity index (χ0) is 8.67. The van der Waals surface area contributed by atoms with Gasteiger partial charge in [0.1, 0.15) is 0 Å². The zero-order valence-corrected chi connectivity index (χ0v) is 7.84. The quantitative estimate of drug-likeness (QED) is 0.625. The van der Waals surface area contributed by atoms with Crippen LogP contribution in [-0.2, 0) is 0 Å². The SMILES string of the molecule is C1=CSC2=CC=C3C=CNC3C2=C1. The van der Waals surface area contributed by atoms with Crippen LogP contribution >= 0.6 is 11.8 Å². The molecule has 0 saturated heterocycles. The van der Waals surface area contributed by atoms with Gasteiger partial charge in [0.05, 0.1) is 6.04 Å². The molecule has 0 spiro atoms. The average Bonchev–Trinajstić information content (AvgIpc) is 2.65. The molecule has 1 nitrogen and oxygen atoms in total. The van der Waals surface area contributed by atoms with Crippen LogP contribution in [-0.4, -0.2) is 6.04 Å². The molecule has 0 aromatic carbocycles. The van der Waals surface area contributed by atoms with Crippen molar-refractivity contribution in [1.82, 2.24) is 5.32 Å². The first-order valence-corrected chi connectivity index (χ1v) is 5.21. The van der Waals surface area contributed by atoms with Crippen LogP contribution in [0.15, 0.2) is 58.0 Å². The summed E-state index contributed by atoms with van der Waals surface area (Å²) in [7, 11) is 0. The van der Waals surface area contributed by atoms with E-state index >= 15 is 0 Å². The van der Waals surface area contributed by atoms with Crippen LogP contribution in [0.3, 0.4) is 0 Å². The van der Waals surface area contributed by atoms with Gasteiger partial charge in [-0.1, -0.05) is 30.0 Å². The van der Waals surface area contributed by atoms with Gasteiger partial charge in [0, 0.05) is 4.91 Å². The highest BCUT2D eigenvalue weighted by Gasteiger charge is 2.25. The Morgan fingerprint density at radius 3 is 3.23 bits per heavy atom. The molecule has 1 unspecified atom stereocenters. The molecule has 0 bridgehead atoms. The lowest BCUT2D eigenvalue weighted by atomic mass is 9.95. The van der Waals surface area contributed by atoms with E-state index in [0.29, 0.717) is 6.04 Å². The van der Waals surface area contributed by atoms with Crippen LogP contribution in [0, 0.1) is 0 Å². The van der Waals surface area contributed by atoms with Gasteiger partial charge in [0.2, 0.25) is 0 Å². The van der Waals surface area contributed by atoms with Crippen molar-refractivity contribution in [2.75, 3.05) is 0 Å². The van der Waals surface area contributed by atoms with E-state index < -0.39 is 0 Å². The number of thioether (sulfide) groups is 1. The first-order chi connectivity index (χ1) is 6.45. The molecule has 1 aliphatic carbocycles. The largest absolute Gasteiger partial charge is 0.380 e. The van der Waals surface area contributed by atoms with E-state index in [1.165, 1.54) is 16.1 Å². The molecule has 0 fully saturated rings. The molecular formula is C11H9NS. The van der Waals surface area contributed by atoms with Crippen LogP contribution in [0.1, 0.15) is 0 Å². The number of nitrogens with one attached hydrogen (secondary N) is 1. The van der Waals surface area contributed by atoms with Crippen molar-refractivity contribution in [2.45, 2.75) is 6.04 Å². The van der Waals surface area contributed by atoms with Gasteiger partial charge in [-0.2, -0.15) is 0 Å². The van der Waals surface area contributed by atoms with Gasteiger partial charge < -0.3 is 5.32 Å². The first-order valence-electron chi connectivity index (χ1n) is 4.33. The van der Waals surface area contributed by atoms with Gasteiger partial charge in [-0.3, -0.25) is 0 Å². The van der Waals surface area contributed by atoms with Crippen LogP contribution in [0.4, 0.5) is 0 Å². The van der Waals surface area contributed by atoms with Crippen LogP contribution in [0.25, 0.3) is 0 Å². The molecule has 0 aromatic rings. The number of allylic oxidation sites excluding steroid dienone is 4. The van der Waals surface area contributed by atoms with Crippen LogP contribution in [0.5, 0.6) is 0 Å². The third kappa shape index (κ3) is 1.02. The Morgan fingerprint density at radius 1 is 1.23 bits per heavy atom. The second-order valence-electron chi connectivity index (χ2n) is 3.20.